The van der Waals surface area contributed by atoms with Gasteiger partial charge in [0, 0.05) is 37.5 Å². The molecule has 0 bridgehead atoms. The van der Waals surface area contributed by atoms with Crippen molar-refractivity contribution in [2.24, 2.45) is 5.92 Å². The Morgan fingerprint density at radius 3 is 2.84 bits per heavy atom. The van der Waals surface area contributed by atoms with Crippen LogP contribution in [-0.4, -0.2) is 49.7 Å². The molecule has 0 saturated carbocycles. The molecule has 1 fully saturated rings. The normalized spacial score (nSPS) is 20.3. The molecule has 3 heterocycles. The van der Waals surface area contributed by atoms with Crippen LogP contribution < -0.4 is 5.56 Å². The summed E-state index contributed by atoms with van der Waals surface area (Å²) in [7, 11) is 0. The molecule has 7 heteroatoms. The number of aliphatic hydroxyl groups is 1. The molecule has 1 amide bonds. The van der Waals surface area contributed by atoms with Gasteiger partial charge in [0.25, 0.3) is 11.5 Å². The number of β-amino-alcohol motifs (C(OH)–C–C–N with tert-alkyl or cyclic N) is 1. The lowest BCUT2D eigenvalue weighted by atomic mass is 9.97. The number of hydrogen-bond donors (Lipinski definition) is 2. The van der Waals surface area contributed by atoms with Crippen molar-refractivity contribution in [1.82, 2.24) is 19.5 Å². The van der Waals surface area contributed by atoms with E-state index >= 15 is 0 Å². The number of nitrogens with one attached hydrogen (secondary N) is 1. The highest BCUT2D eigenvalue weighted by molar-refractivity contribution is 5.99. The summed E-state index contributed by atoms with van der Waals surface area (Å²) < 4.78 is 1.24. The summed E-state index contributed by atoms with van der Waals surface area (Å²) in [6, 6.07) is 11.3. The Bertz CT molecular complexity index is 963. The van der Waals surface area contributed by atoms with E-state index in [4.69, 9.17) is 0 Å². The van der Waals surface area contributed by atoms with Crippen LogP contribution in [0, 0.1) is 5.92 Å². The minimum atomic E-state index is -0.565. The first-order chi connectivity index (χ1) is 12.1. The standard InChI is InChI=1S/C18H18N4O3/c23-15-11-21(10-13(15)8-12-4-2-1-3-5-12)18(25)14-9-20-22-16(24)6-7-19-17(14)22/h1-7,9,13,15,20,23H,8,10-11H2/t13-,15-/m1/s1. The van der Waals surface area contributed by atoms with Crippen molar-refractivity contribution < 1.29 is 9.90 Å². The van der Waals surface area contributed by atoms with Gasteiger partial charge in [-0.15, -0.1) is 0 Å². The van der Waals surface area contributed by atoms with Crippen LogP contribution in [0.15, 0.2) is 53.6 Å². The van der Waals surface area contributed by atoms with Crippen molar-refractivity contribution in [1.29, 1.82) is 0 Å². The fourth-order valence-corrected chi connectivity index (χ4v) is 3.38. The predicted molar refractivity (Wildman–Crippen MR) is 91.4 cm³/mol. The van der Waals surface area contributed by atoms with Gasteiger partial charge in [0.15, 0.2) is 5.65 Å². The molecule has 2 aromatic heterocycles. The third-order valence-corrected chi connectivity index (χ3v) is 4.69. The molecule has 1 aliphatic heterocycles. The number of rotatable bonds is 3. The minimum Gasteiger partial charge on any atom is -0.391 e. The van der Waals surface area contributed by atoms with Crippen LogP contribution in [-0.2, 0) is 6.42 Å². The summed E-state index contributed by atoms with van der Waals surface area (Å²) >= 11 is 0. The number of aromatic nitrogens is 3. The molecule has 0 unspecified atom stereocenters. The minimum absolute atomic E-state index is 0.00719. The third-order valence-electron chi connectivity index (χ3n) is 4.69. The van der Waals surface area contributed by atoms with Gasteiger partial charge in [0.2, 0.25) is 0 Å². The zero-order valence-electron chi connectivity index (χ0n) is 13.5. The van der Waals surface area contributed by atoms with Gasteiger partial charge in [0.05, 0.1) is 6.10 Å². The molecule has 1 aliphatic rings. The maximum atomic E-state index is 12.8. The van der Waals surface area contributed by atoms with Crippen molar-refractivity contribution in [2.45, 2.75) is 12.5 Å². The smallest absolute Gasteiger partial charge is 0.272 e. The molecular weight excluding hydrogens is 320 g/mol. The first kappa shape index (κ1) is 15.6. The number of nitrogens with zero attached hydrogens (tertiary/aromatic N) is 3. The first-order valence-corrected chi connectivity index (χ1v) is 8.20. The number of likely N-dealkylation sites (tertiary alicyclic amines) is 1. The Labute approximate surface area is 143 Å². The number of carbonyl (C=O) groups is 1. The van der Waals surface area contributed by atoms with E-state index in [1.165, 1.54) is 23.0 Å². The van der Waals surface area contributed by atoms with Crippen molar-refractivity contribution >= 4 is 11.6 Å². The first-order valence-electron chi connectivity index (χ1n) is 8.20. The number of hydrogen-bond acceptors (Lipinski definition) is 4. The fraction of sp³-hybridized carbons (Fsp3) is 0.278. The average molecular weight is 338 g/mol. The molecule has 0 radical (unpaired) electrons. The molecule has 1 saturated heterocycles. The lowest BCUT2D eigenvalue weighted by Crippen LogP contribution is -2.29. The van der Waals surface area contributed by atoms with Gasteiger partial charge in [0.1, 0.15) is 5.56 Å². The highest BCUT2D eigenvalue weighted by Gasteiger charge is 2.35. The maximum Gasteiger partial charge on any atom is 0.272 e. The highest BCUT2D eigenvalue weighted by Crippen LogP contribution is 2.23. The zero-order chi connectivity index (χ0) is 17.4. The van der Waals surface area contributed by atoms with Crippen LogP contribution in [0.4, 0.5) is 0 Å². The maximum absolute atomic E-state index is 12.8. The van der Waals surface area contributed by atoms with Gasteiger partial charge in [-0.1, -0.05) is 30.3 Å². The molecule has 4 rings (SSSR count). The fourth-order valence-electron chi connectivity index (χ4n) is 3.38. The Morgan fingerprint density at radius 2 is 2.04 bits per heavy atom. The number of amides is 1. The van der Waals surface area contributed by atoms with Gasteiger partial charge in [-0.3, -0.25) is 14.7 Å². The lowest BCUT2D eigenvalue weighted by molar-refractivity contribution is 0.0766. The molecule has 0 spiro atoms. The van der Waals surface area contributed by atoms with Crippen molar-refractivity contribution in [3.8, 4) is 0 Å². The van der Waals surface area contributed by atoms with E-state index in [1.54, 1.807) is 4.90 Å². The number of aliphatic hydroxyl groups excluding tert-OH is 1. The average Bonchev–Trinajstić information content (AvgIpc) is 3.20. The number of fused-ring (bicyclic) bond motifs is 1. The summed E-state index contributed by atoms with van der Waals surface area (Å²) in [5, 5.41) is 13.1. The van der Waals surface area contributed by atoms with E-state index in [0.29, 0.717) is 17.8 Å². The van der Waals surface area contributed by atoms with Crippen LogP contribution in [0.2, 0.25) is 0 Å². The second kappa shape index (κ2) is 6.18. The van der Waals surface area contributed by atoms with Crippen molar-refractivity contribution in [3.63, 3.8) is 0 Å². The highest BCUT2D eigenvalue weighted by atomic mass is 16.3. The predicted octanol–water partition coefficient (Wildman–Crippen LogP) is 0.698. The van der Waals surface area contributed by atoms with Gasteiger partial charge in [-0.2, -0.15) is 0 Å². The van der Waals surface area contributed by atoms with E-state index in [1.807, 2.05) is 30.3 Å². The van der Waals surface area contributed by atoms with Crippen LogP contribution in [0.1, 0.15) is 15.9 Å². The summed E-state index contributed by atoms with van der Waals surface area (Å²) in [6.07, 6.45) is 3.03. The number of carbonyl (C=O) groups excluding carboxylic acids is 1. The van der Waals surface area contributed by atoms with E-state index in [2.05, 4.69) is 10.1 Å². The Kier molecular flexibility index (Phi) is 3.85. The van der Waals surface area contributed by atoms with Crippen molar-refractivity contribution in [2.75, 3.05) is 13.1 Å². The van der Waals surface area contributed by atoms with E-state index in [0.717, 1.165) is 12.0 Å². The Hall–Kier alpha value is -2.93. The summed E-state index contributed by atoms with van der Waals surface area (Å²) in [5.41, 5.74) is 1.51. The third kappa shape index (κ3) is 2.83. The molecule has 2 atom stereocenters. The van der Waals surface area contributed by atoms with Gasteiger partial charge < -0.3 is 10.0 Å². The van der Waals surface area contributed by atoms with E-state index in [-0.39, 0.29) is 23.9 Å². The van der Waals surface area contributed by atoms with E-state index < -0.39 is 6.10 Å². The number of H-pyrrole nitrogens is 1. The van der Waals surface area contributed by atoms with Gasteiger partial charge in [-0.05, 0) is 12.0 Å². The second-order valence-corrected chi connectivity index (χ2v) is 6.36. The molecule has 25 heavy (non-hydrogen) atoms. The topological polar surface area (TPSA) is 90.7 Å². The summed E-state index contributed by atoms with van der Waals surface area (Å²) in [4.78, 5) is 30.3. The van der Waals surface area contributed by atoms with Crippen molar-refractivity contribution in [3.05, 3.63) is 70.3 Å². The molecule has 0 aliphatic carbocycles. The van der Waals surface area contributed by atoms with Gasteiger partial charge >= 0.3 is 0 Å². The molecular formula is C18H18N4O3. The SMILES string of the molecule is O=C(c1c[nH]n2c(=O)ccnc12)N1C[C@@H](Cc2ccccc2)[C@H](O)C1. The van der Waals surface area contributed by atoms with E-state index in [9.17, 15) is 14.7 Å². The number of benzene rings is 1. The van der Waals surface area contributed by atoms with Crippen LogP contribution in [0.5, 0.6) is 0 Å². The molecule has 7 nitrogen and oxygen atoms in total. The van der Waals surface area contributed by atoms with Gasteiger partial charge in [-0.25, -0.2) is 9.50 Å². The quantitative estimate of drug-likeness (QED) is 0.735. The zero-order valence-corrected chi connectivity index (χ0v) is 13.5. The lowest BCUT2D eigenvalue weighted by Gasteiger charge is -2.15. The Morgan fingerprint density at radius 1 is 1.24 bits per heavy atom. The molecule has 2 N–H and O–H groups in total. The summed E-state index contributed by atoms with van der Waals surface area (Å²) in [6.45, 7) is 0.758. The van der Waals surface area contributed by atoms with Crippen LogP contribution >= 0.6 is 0 Å². The molecule has 3 aromatic rings. The summed E-state index contributed by atoms with van der Waals surface area (Å²) in [5.74, 6) is -0.237. The number of aromatic amines is 1. The van der Waals surface area contributed by atoms with Crippen LogP contribution in [0.3, 0.4) is 0 Å². The monoisotopic (exact) mass is 338 g/mol. The molecule has 128 valence electrons. The van der Waals surface area contributed by atoms with Crippen LogP contribution in [0.25, 0.3) is 5.65 Å². The second-order valence-electron chi connectivity index (χ2n) is 6.36. The Balaban J connectivity index is 1.55. The molecule has 1 aromatic carbocycles. The largest absolute Gasteiger partial charge is 0.391 e.